The number of alkyl halides is 6. The molecule has 0 aliphatic carbocycles. The van der Waals surface area contributed by atoms with Gasteiger partial charge in [-0.25, -0.2) is 5.43 Å². The van der Waals surface area contributed by atoms with Crippen molar-refractivity contribution in [1.82, 2.24) is 10.9 Å². The molecule has 2 unspecified atom stereocenters. The number of nitrogens with one attached hydrogen (secondary N) is 2. The lowest BCUT2D eigenvalue weighted by Crippen LogP contribution is -2.28. The van der Waals surface area contributed by atoms with Gasteiger partial charge in [0, 0.05) is 6.54 Å². The minimum Gasteiger partial charge on any atom is -0.466 e. The predicted octanol–water partition coefficient (Wildman–Crippen LogP) is 3.05. The van der Waals surface area contributed by atoms with E-state index in [9.17, 15) is 31.1 Å². The van der Waals surface area contributed by atoms with E-state index in [1.807, 2.05) is 0 Å². The second-order valence-corrected chi connectivity index (χ2v) is 5.20. The molecule has 0 aromatic heterocycles. The third-order valence-corrected chi connectivity index (χ3v) is 3.54. The largest absolute Gasteiger partial charge is 0.466 e. The minimum absolute atomic E-state index is 0.0289. The third-order valence-electron chi connectivity index (χ3n) is 3.54. The molecular weight excluding hydrogens is 342 g/mol. The Kier molecular flexibility index (Phi) is 5.09. The zero-order valence-corrected chi connectivity index (χ0v) is 12.4. The Morgan fingerprint density at radius 2 is 1.67 bits per heavy atom. The summed E-state index contributed by atoms with van der Waals surface area (Å²) < 4.78 is 82.2. The number of halogens is 6. The summed E-state index contributed by atoms with van der Waals surface area (Å²) >= 11 is 0. The van der Waals surface area contributed by atoms with Crippen LogP contribution in [-0.4, -0.2) is 19.1 Å². The van der Waals surface area contributed by atoms with E-state index < -0.39 is 41.4 Å². The Balaban J connectivity index is 2.47. The lowest BCUT2D eigenvalue weighted by Gasteiger charge is -2.20. The Labute approximate surface area is 133 Å². The van der Waals surface area contributed by atoms with E-state index in [0.717, 1.165) is 0 Å². The third kappa shape index (κ3) is 3.99. The molecule has 0 saturated carbocycles. The average Bonchev–Trinajstić information content (AvgIpc) is 2.94. The van der Waals surface area contributed by atoms with Crippen LogP contribution in [0, 0.1) is 5.92 Å². The fraction of sp³-hybridized carbons (Fsp3) is 0.500. The van der Waals surface area contributed by atoms with Gasteiger partial charge in [0.2, 0.25) is 0 Å². The number of hydrogen-bond donors (Lipinski definition) is 2. The summed E-state index contributed by atoms with van der Waals surface area (Å²) in [6.45, 7) is 1.63. The molecule has 1 fully saturated rings. The first-order valence-electron chi connectivity index (χ1n) is 6.98. The van der Waals surface area contributed by atoms with Crippen LogP contribution in [0.3, 0.4) is 0 Å². The van der Waals surface area contributed by atoms with Crippen LogP contribution in [-0.2, 0) is 21.9 Å². The SMILES string of the molecule is CCOC(=O)C1CNNC1c1cc(C(F)(F)F)cc(C(F)(F)F)c1. The van der Waals surface area contributed by atoms with Gasteiger partial charge in [-0.15, -0.1) is 0 Å². The van der Waals surface area contributed by atoms with Gasteiger partial charge in [0.05, 0.1) is 29.7 Å². The maximum absolute atomic E-state index is 12.9. The molecule has 0 amide bonds. The molecule has 2 rings (SSSR count). The van der Waals surface area contributed by atoms with E-state index in [4.69, 9.17) is 4.74 Å². The zero-order chi connectivity index (χ0) is 18.1. The second-order valence-electron chi connectivity index (χ2n) is 5.20. The van der Waals surface area contributed by atoms with Crippen molar-refractivity contribution in [3.63, 3.8) is 0 Å². The summed E-state index contributed by atoms with van der Waals surface area (Å²) in [5.41, 5.74) is 1.95. The van der Waals surface area contributed by atoms with Gasteiger partial charge in [-0.1, -0.05) is 0 Å². The van der Waals surface area contributed by atoms with Crippen molar-refractivity contribution < 1.29 is 35.9 Å². The summed E-state index contributed by atoms with van der Waals surface area (Å²) in [7, 11) is 0. The smallest absolute Gasteiger partial charge is 0.416 e. The molecule has 4 nitrogen and oxygen atoms in total. The highest BCUT2D eigenvalue weighted by Crippen LogP contribution is 2.39. The van der Waals surface area contributed by atoms with Crippen molar-refractivity contribution in [1.29, 1.82) is 0 Å². The van der Waals surface area contributed by atoms with Gasteiger partial charge in [0.15, 0.2) is 0 Å². The van der Waals surface area contributed by atoms with Crippen LogP contribution >= 0.6 is 0 Å². The van der Waals surface area contributed by atoms with E-state index in [0.29, 0.717) is 12.1 Å². The van der Waals surface area contributed by atoms with Gasteiger partial charge >= 0.3 is 18.3 Å². The van der Waals surface area contributed by atoms with E-state index >= 15 is 0 Å². The molecule has 1 heterocycles. The topological polar surface area (TPSA) is 50.4 Å². The molecule has 1 aliphatic rings. The Morgan fingerprint density at radius 1 is 1.12 bits per heavy atom. The summed E-state index contributed by atoms with van der Waals surface area (Å²) in [5, 5.41) is 0. The Bertz CT molecular complexity index is 582. The number of hydrogen-bond acceptors (Lipinski definition) is 4. The molecule has 0 bridgehead atoms. The highest BCUT2D eigenvalue weighted by atomic mass is 19.4. The maximum Gasteiger partial charge on any atom is 0.416 e. The molecule has 2 atom stereocenters. The number of esters is 1. The Hall–Kier alpha value is -1.81. The van der Waals surface area contributed by atoms with Gasteiger partial charge in [-0.05, 0) is 30.7 Å². The molecule has 1 aromatic carbocycles. The van der Waals surface area contributed by atoms with Crippen molar-refractivity contribution in [3.8, 4) is 0 Å². The number of carbonyl (C=O) groups is 1. The first-order valence-corrected chi connectivity index (χ1v) is 6.98. The standard InChI is InChI=1S/C14H14F6N2O2/c1-2-24-12(23)10-6-21-22-11(10)7-3-8(13(15,16)17)5-9(4-7)14(18,19)20/h3-5,10-11,21-22H,2,6H2,1H3. The van der Waals surface area contributed by atoms with Gasteiger partial charge in [-0.3, -0.25) is 10.2 Å². The first-order chi connectivity index (χ1) is 11.0. The lowest BCUT2D eigenvalue weighted by molar-refractivity contribution is -0.147. The fourth-order valence-corrected chi connectivity index (χ4v) is 2.44. The van der Waals surface area contributed by atoms with E-state index in [1.165, 1.54) is 0 Å². The van der Waals surface area contributed by atoms with Crippen molar-refractivity contribution >= 4 is 5.97 Å². The van der Waals surface area contributed by atoms with Crippen molar-refractivity contribution in [2.24, 2.45) is 5.92 Å². The molecule has 1 aliphatic heterocycles. The number of rotatable bonds is 3. The number of ether oxygens (including phenoxy) is 1. The van der Waals surface area contributed by atoms with Crippen molar-refractivity contribution in [2.45, 2.75) is 25.3 Å². The van der Waals surface area contributed by atoms with Gasteiger partial charge < -0.3 is 4.74 Å². The summed E-state index contributed by atoms with van der Waals surface area (Å²) in [5.74, 6) is -1.64. The normalized spacial score (nSPS) is 21.8. The molecule has 24 heavy (non-hydrogen) atoms. The quantitative estimate of drug-likeness (QED) is 0.646. The second kappa shape index (κ2) is 6.60. The van der Waals surface area contributed by atoms with Crippen LogP contribution in [0.2, 0.25) is 0 Å². The van der Waals surface area contributed by atoms with Crippen molar-refractivity contribution in [2.75, 3.05) is 13.2 Å². The molecule has 2 N–H and O–H groups in total. The first kappa shape index (κ1) is 18.5. The maximum atomic E-state index is 12.9. The van der Waals surface area contributed by atoms with E-state index in [2.05, 4.69) is 10.9 Å². The molecule has 0 radical (unpaired) electrons. The molecule has 1 aromatic rings. The summed E-state index contributed by atoms with van der Waals surface area (Å²) in [6, 6.07) is 0.191. The van der Waals surface area contributed by atoms with Crippen molar-refractivity contribution in [3.05, 3.63) is 34.9 Å². The molecule has 10 heteroatoms. The molecule has 134 valence electrons. The van der Waals surface area contributed by atoms with Gasteiger partial charge in [-0.2, -0.15) is 26.3 Å². The number of carbonyl (C=O) groups excluding carboxylic acids is 1. The van der Waals surface area contributed by atoms with Gasteiger partial charge in [0.1, 0.15) is 0 Å². The average molecular weight is 356 g/mol. The van der Waals surface area contributed by atoms with E-state index in [-0.39, 0.29) is 24.8 Å². The van der Waals surface area contributed by atoms with Crippen LogP contribution in [0.25, 0.3) is 0 Å². The van der Waals surface area contributed by atoms with Crippen LogP contribution in [0.5, 0.6) is 0 Å². The van der Waals surface area contributed by atoms with Crippen LogP contribution in [0.15, 0.2) is 18.2 Å². The highest BCUT2D eigenvalue weighted by molar-refractivity contribution is 5.74. The van der Waals surface area contributed by atoms with E-state index in [1.54, 1.807) is 6.92 Å². The van der Waals surface area contributed by atoms with Crippen LogP contribution in [0.1, 0.15) is 29.7 Å². The lowest BCUT2D eigenvalue weighted by atomic mass is 9.92. The van der Waals surface area contributed by atoms with Gasteiger partial charge in [0.25, 0.3) is 0 Å². The molecule has 0 spiro atoms. The summed E-state index contributed by atoms with van der Waals surface area (Å²) in [6.07, 6.45) is -9.89. The van der Waals surface area contributed by atoms with Crippen LogP contribution in [0.4, 0.5) is 26.3 Å². The predicted molar refractivity (Wildman–Crippen MR) is 70.4 cm³/mol. The fourth-order valence-electron chi connectivity index (χ4n) is 2.44. The zero-order valence-electron chi connectivity index (χ0n) is 12.4. The summed E-state index contributed by atoms with van der Waals surface area (Å²) in [4.78, 5) is 11.8. The number of hydrazine groups is 1. The monoisotopic (exact) mass is 356 g/mol. The van der Waals surface area contributed by atoms with Crippen LogP contribution < -0.4 is 10.9 Å². The Morgan fingerprint density at radius 3 is 2.12 bits per heavy atom. The minimum atomic E-state index is -4.94. The molecule has 1 saturated heterocycles. The molecular formula is C14H14F6N2O2. The number of benzene rings is 1. The highest BCUT2D eigenvalue weighted by Gasteiger charge is 2.40.